The van der Waals surface area contributed by atoms with Gasteiger partial charge in [-0.05, 0) is 31.6 Å². The number of nitrogens with one attached hydrogen (secondary N) is 1. The van der Waals surface area contributed by atoms with E-state index in [-0.39, 0.29) is 12.1 Å². The summed E-state index contributed by atoms with van der Waals surface area (Å²) in [5.41, 5.74) is 5.57. The molecule has 0 heterocycles. The average Bonchev–Trinajstić information content (AvgIpc) is 2.66. The summed E-state index contributed by atoms with van der Waals surface area (Å²) in [5.74, 6) is 0.741. The standard InChI is InChI=1S/C8H16N2O2S/c9-7-3-8(4-7)10-13(11,12)5-6-1-2-6/h6-8,10H,1-5,9H2. The molecule has 2 fully saturated rings. The van der Waals surface area contributed by atoms with Crippen molar-refractivity contribution in [2.24, 2.45) is 11.7 Å². The third kappa shape index (κ3) is 2.65. The zero-order valence-corrected chi connectivity index (χ0v) is 8.39. The van der Waals surface area contributed by atoms with Gasteiger partial charge in [0.1, 0.15) is 0 Å². The maximum Gasteiger partial charge on any atom is 0.212 e. The molecule has 0 spiro atoms. The van der Waals surface area contributed by atoms with Crippen molar-refractivity contribution in [2.45, 2.75) is 37.8 Å². The normalized spacial score (nSPS) is 34.2. The van der Waals surface area contributed by atoms with Gasteiger partial charge in [0.25, 0.3) is 0 Å². The van der Waals surface area contributed by atoms with Gasteiger partial charge in [-0.2, -0.15) is 0 Å². The molecule has 13 heavy (non-hydrogen) atoms. The van der Waals surface area contributed by atoms with E-state index in [1.165, 1.54) is 0 Å². The molecule has 2 aliphatic rings. The fraction of sp³-hybridized carbons (Fsp3) is 1.00. The van der Waals surface area contributed by atoms with Crippen LogP contribution >= 0.6 is 0 Å². The van der Waals surface area contributed by atoms with Crippen molar-refractivity contribution in [1.29, 1.82) is 0 Å². The van der Waals surface area contributed by atoms with E-state index in [2.05, 4.69) is 4.72 Å². The van der Waals surface area contributed by atoms with Gasteiger partial charge in [0.05, 0.1) is 5.75 Å². The van der Waals surface area contributed by atoms with Crippen molar-refractivity contribution in [2.75, 3.05) is 5.75 Å². The van der Waals surface area contributed by atoms with Gasteiger partial charge in [-0.3, -0.25) is 0 Å². The number of rotatable bonds is 4. The zero-order chi connectivity index (χ0) is 9.47. The first-order valence-electron chi connectivity index (χ1n) is 4.81. The molecule has 4 nitrogen and oxygen atoms in total. The van der Waals surface area contributed by atoms with Crippen LogP contribution in [-0.2, 0) is 10.0 Å². The summed E-state index contributed by atoms with van der Waals surface area (Å²) in [6.45, 7) is 0. The Bertz CT molecular complexity index is 279. The van der Waals surface area contributed by atoms with Gasteiger partial charge < -0.3 is 5.73 Å². The van der Waals surface area contributed by atoms with Gasteiger partial charge in [-0.25, -0.2) is 13.1 Å². The second-order valence-corrected chi connectivity index (χ2v) is 6.07. The third-order valence-corrected chi connectivity index (χ3v) is 4.28. The fourth-order valence-electron chi connectivity index (χ4n) is 1.65. The Balaban J connectivity index is 1.78. The molecular weight excluding hydrogens is 188 g/mol. The van der Waals surface area contributed by atoms with Crippen LogP contribution in [0.5, 0.6) is 0 Å². The molecule has 0 bridgehead atoms. The van der Waals surface area contributed by atoms with Crippen LogP contribution in [0.1, 0.15) is 25.7 Å². The van der Waals surface area contributed by atoms with Gasteiger partial charge in [-0.15, -0.1) is 0 Å². The van der Waals surface area contributed by atoms with Crippen LogP contribution < -0.4 is 10.5 Å². The maximum absolute atomic E-state index is 11.4. The first-order valence-corrected chi connectivity index (χ1v) is 6.46. The van der Waals surface area contributed by atoms with Crippen molar-refractivity contribution in [3.63, 3.8) is 0 Å². The summed E-state index contributed by atoms with van der Waals surface area (Å²) in [4.78, 5) is 0. The van der Waals surface area contributed by atoms with E-state index >= 15 is 0 Å². The van der Waals surface area contributed by atoms with Gasteiger partial charge in [0.15, 0.2) is 0 Å². The quantitative estimate of drug-likeness (QED) is 0.666. The molecule has 0 saturated heterocycles. The maximum atomic E-state index is 11.4. The highest BCUT2D eigenvalue weighted by molar-refractivity contribution is 7.89. The Kier molecular flexibility index (Phi) is 2.33. The number of hydrogen-bond donors (Lipinski definition) is 2. The van der Waals surface area contributed by atoms with Crippen molar-refractivity contribution in [3.05, 3.63) is 0 Å². The van der Waals surface area contributed by atoms with Crippen molar-refractivity contribution >= 4 is 10.0 Å². The molecule has 0 aromatic rings. The molecule has 0 aliphatic heterocycles. The average molecular weight is 204 g/mol. The molecule has 5 heteroatoms. The van der Waals surface area contributed by atoms with Gasteiger partial charge >= 0.3 is 0 Å². The number of sulfonamides is 1. The summed E-state index contributed by atoms with van der Waals surface area (Å²) >= 11 is 0. The predicted molar refractivity (Wildman–Crippen MR) is 50.6 cm³/mol. The van der Waals surface area contributed by atoms with Gasteiger partial charge in [-0.1, -0.05) is 0 Å². The van der Waals surface area contributed by atoms with E-state index in [0.29, 0.717) is 11.7 Å². The second kappa shape index (κ2) is 3.22. The van der Waals surface area contributed by atoms with Crippen LogP contribution in [0.4, 0.5) is 0 Å². The minimum atomic E-state index is -3.01. The van der Waals surface area contributed by atoms with E-state index in [1.807, 2.05) is 0 Å². The van der Waals surface area contributed by atoms with Crippen LogP contribution in [0, 0.1) is 5.92 Å². The van der Waals surface area contributed by atoms with Gasteiger partial charge in [0, 0.05) is 12.1 Å². The first kappa shape index (κ1) is 9.43. The van der Waals surface area contributed by atoms with E-state index in [9.17, 15) is 8.42 Å². The Morgan fingerprint density at radius 2 is 1.92 bits per heavy atom. The lowest BCUT2D eigenvalue weighted by molar-refractivity contribution is 0.327. The summed E-state index contributed by atoms with van der Waals surface area (Å²) in [6, 6.07) is 0.312. The van der Waals surface area contributed by atoms with E-state index in [4.69, 9.17) is 5.73 Å². The van der Waals surface area contributed by atoms with Crippen LogP contribution in [-0.4, -0.2) is 26.3 Å². The molecule has 2 saturated carbocycles. The minimum Gasteiger partial charge on any atom is -0.328 e. The molecule has 0 radical (unpaired) electrons. The fourth-order valence-corrected chi connectivity index (χ4v) is 3.41. The molecule has 0 aromatic carbocycles. The Hall–Kier alpha value is -0.130. The molecule has 0 amide bonds. The second-order valence-electron chi connectivity index (χ2n) is 4.27. The molecular formula is C8H16N2O2S. The summed E-state index contributed by atoms with van der Waals surface area (Å²) in [6.07, 6.45) is 3.74. The third-order valence-electron chi connectivity index (χ3n) is 2.67. The monoisotopic (exact) mass is 204 g/mol. The van der Waals surface area contributed by atoms with Crippen molar-refractivity contribution in [3.8, 4) is 0 Å². The molecule has 76 valence electrons. The minimum absolute atomic E-state index is 0.110. The van der Waals surface area contributed by atoms with E-state index in [1.54, 1.807) is 0 Å². The molecule has 0 aromatic heterocycles. The Morgan fingerprint density at radius 3 is 2.38 bits per heavy atom. The highest BCUT2D eigenvalue weighted by Gasteiger charge is 2.33. The summed E-state index contributed by atoms with van der Waals surface area (Å²) < 4.78 is 25.6. The summed E-state index contributed by atoms with van der Waals surface area (Å²) in [7, 11) is -3.01. The Morgan fingerprint density at radius 1 is 1.31 bits per heavy atom. The predicted octanol–water partition coefficient (Wildman–Crippen LogP) is -0.195. The number of nitrogens with two attached hydrogens (primary N) is 1. The van der Waals surface area contributed by atoms with Crippen LogP contribution in [0.3, 0.4) is 0 Å². The molecule has 3 N–H and O–H groups in total. The number of hydrogen-bond acceptors (Lipinski definition) is 3. The lowest BCUT2D eigenvalue weighted by Gasteiger charge is -2.32. The summed E-state index contributed by atoms with van der Waals surface area (Å²) in [5, 5.41) is 0. The lowest BCUT2D eigenvalue weighted by Crippen LogP contribution is -2.50. The molecule has 2 aliphatic carbocycles. The molecule has 0 unspecified atom stereocenters. The Labute approximate surface area is 78.9 Å². The van der Waals surface area contributed by atoms with Crippen molar-refractivity contribution < 1.29 is 8.42 Å². The van der Waals surface area contributed by atoms with E-state index < -0.39 is 10.0 Å². The highest BCUT2D eigenvalue weighted by Crippen LogP contribution is 2.30. The van der Waals surface area contributed by atoms with Crippen LogP contribution in [0.25, 0.3) is 0 Å². The smallest absolute Gasteiger partial charge is 0.212 e. The molecule has 0 atom stereocenters. The van der Waals surface area contributed by atoms with Crippen LogP contribution in [0.15, 0.2) is 0 Å². The zero-order valence-electron chi connectivity index (χ0n) is 7.57. The highest BCUT2D eigenvalue weighted by atomic mass is 32.2. The van der Waals surface area contributed by atoms with E-state index in [0.717, 1.165) is 25.7 Å². The van der Waals surface area contributed by atoms with Gasteiger partial charge in [0.2, 0.25) is 10.0 Å². The lowest BCUT2D eigenvalue weighted by atomic mass is 9.89. The first-order chi connectivity index (χ1) is 6.05. The van der Waals surface area contributed by atoms with Crippen LogP contribution in [0.2, 0.25) is 0 Å². The molecule has 2 rings (SSSR count). The SMILES string of the molecule is NC1CC(NS(=O)(=O)CC2CC2)C1. The largest absolute Gasteiger partial charge is 0.328 e. The topological polar surface area (TPSA) is 72.2 Å². The van der Waals surface area contributed by atoms with Crippen molar-refractivity contribution in [1.82, 2.24) is 4.72 Å².